The molecule has 126 valence electrons. The fourth-order valence-corrected chi connectivity index (χ4v) is 2.60. The summed E-state index contributed by atoms with van der Waals surface area (Å²) in [6.07, 6.45) is 3.50. The fraction of sp³-hybridized carbons (Fsp3) is 0.111. The number of nitro benzene ring substituents is 1. The van der Waals surface area contributed by atoms with Crippen molar-refractivity contribution < 1.29 is 9.72 Å². The second-order valence-corrected chi connectivity index (χ2v) is 5.57. The van der Waals surface area contributed by atoms with Crippen LogP contribution < -0.4 is 5.32 Å². The fourth-order valence-electron chi connectivity index (χ4n) is 2.60. The van der Waals surface area contributed by atoms with E-state index in [0.29, 0.717) is 12.2 Å². The van der Waals surface area contributed by atoms with E-state index < -0.39 is 4.92 Å². The van der Waals surface area contributed by atoms with Gasteiger partial charge in [0.25, 0.3) is 5.69 Å². The molecule has 7 nitrogen and oxygen atoms in total. The SMILES string of the molecule is CC(=O)Nc1cccc(-c2nccn2Cc2cccc([N+](=O)[O-])c2)c1. The van der Waals surface area contributed by atoms with Crippen molar-refractivity contribution >= 4 is 17.3 Å². The molecule has 0 aliphatic heterocycles. The lowest BCUT2D eigenvalue weighted by Crippen LogP contribution is -2.06. The van der Waals surface area contributed by atoms with Crippen LogP contribution in [0.15, 0.2) is 60.9 Å². The highest BCUT2D eigenvalue weighted by atomic mass is 16.6. The van der Waals surface area contributed by atoms with Gasteiger partial charge in [-0.3, -0.25) is 14.9 Å². The van der Waals surface area contributed by atoms with Gasteiger partial charge in [0.15, 0.2) is 0 Å². The topological polar surface area (TPSA) is 90.1 Å². The molecule has 1 N–H and O–H groups in total. The summed E-state index contributed by atoms with van der Waals surface area (Å²) in [5.41, 5.74) is 2.41. The molecule has 1 amide bonds. The van der Waals surface area contributed by atoms with Gasteiger partial charge in [-0.1, -0.05) is 24.3 Å². The zero-order valence-electron chi connectivity index (χ0n) is 13.5. The number of rotatable bonds is 5. The Bertz CT molecular complexity index is 933. The van der Waals surface area contributed by atoms with E-state index in [-0.39, 0.29) is 11.6 Å². The molecule has 7 heteroatoms. The van der Waals surface area contributed by atoms with Gasteiger partial charge in [0.2, 0.25) is 5.91 Å². The summed E-state index contributed by atoms with van der Waals surface area (Å²) >= 11 is 0. The van der Waals surface area contributed by atoms with E-state index in [0.717, 1.165) is 17.0 Å². The zero-order valence-corrected chi connectivity index (χ0v) is 13.5. The summed E-state index contributed by atoms with van der Waals surface area (Å²) in [4.78, 5) is 26.1. The standard InChI is InChI=1S/C18H16N4O3/c1-13(23)20-16-6-3-5-15(11-16)18-19-8-9-21(18)12-14-4-2-7-17(10-14)22(24)25/h2-11H,12H2,1H3,(H,20,23). The number of imidazole rings is 1. The molecule has 0 spiro atoms. The van der Waals surface area contributed by atoms with Gasteiger partial charge in [-0.15, -0.1) is 0 Å². The minimum absolute atomic E-state index is 0.0619. The van der Waals surface area contributed by atoms with Crippen LogP contribution in [0.3, 0.4) is 0 Å². The van der Waals surface area contributed by atoms with Gasteiger partial charge < -0.3 is 9.88 Å². The number of anilines is 1. The average Bonchev–Trinajstić information content (AvgIpc) is 3.03. The van der Waals surface area contributed by atoms with Gasteiger partial charge in [-0.2, -0.15) is 0 Å². The van der Waals surface area contributed by atoms with E-state index in [4.69, 9.17) is 0 Å². The molecule has 0 saturated carbocycles. The van der Waals surface area contributed by atoms with Crippen molar-refractivity contribution in [2.24, 2.45) is 0 Å². The number of carbonyl (C=O) groups excluding carboxylic acids is 1. The third-order valence-electron chi connectivity index (χ3n) is 3.63. The lowest BCUT2D eigenvalue weighted by atomic mass is 10.1. The molecule has 0 radical (unpaired) electrons. The second kappa shape index (κ2) is 6.96. The van der Waals surface area contributed by atoms with E-state index in [1.165, 1.54) is 13.0 Å². The van der Waals surface area contributed by atoms with Gasteiger partial charge >= 0.3 is 0 Å². The Kier molecular flexibility index (Phi) is 4.56. The number of hydrogen-bond donors (Lipinski definition) is 1. The molecule has 0 atom stereocenters. The zero-order chi connectivity index (χ0) is 17.8. The number of benzene rings is 2. The lowest BCUT2D eigenvalue weighted by Gasteiger charge is -2.10. The Morgan fingerprint density at radius 2 is 2.04 bits per heavy atom. The minimum atomic E-state index is -0.408. The van der Waals surface area contributed by atoms with Crippen molar-refractivity contribution in [3.63, 3.8) is 0 Å². The van der Waals surface area contributed by atoms with Crippen LogP contribution >= 0.6 is 0 Å². The number of non-ortho nitro benzene ring substituents is 1. The van der Waals surface area contributed by atoms with E-state index in [1.807, 2.05) is 35.0 Å². The Morgan fingerprint density at radius 3 is 2.80 bits per heavy atom. The molecule has 2 aromatic carbocycles. The highest BCUT2D eigenvalue weighted by molar-refractivity contribution is 5.89. The molecular formula is C18H16N4O3. The van der Waals surface area contributed by atoms with Crippen LogP contribution in [0, 0.1) is 10.1 Å². The van der Waals surface area contributed by atoms with Gasteiger partial charge in [0, 0.05) is 49.2 Å². The summed E-state index contributed by atoms with van der Waals surface area (Å²) in [5.74, 6) is 0.579. The van der Waals surface area contributed by atoms with Crippen molar-refractivity contribution in [3.8, 4) is 11.4 Å². The first kappa shape index (κ1) is 16.4. The Morgan fingerprint density at radius 1 is 1.24 bits per heavy atom. The predicted octanol–water partition coefficient (Wildman–Crippen LogP) is 3.47. The summed E-state index contributed by atoms with van der Waals surface area (Å²) in [5, 5.41) is 13.7. The van der Waals surface area contributed by atoms with Crippen LogP contribution in [-0.4, -0.2) is 20.4 Å². The molecule has 25 heavy (non-hydrogen) atoms. The molecule has 0 bridgehead atoms. The first-order valence-corrected chi connectivity index (χ1v) is 7.65. The van der Waals surface area contributed by atoms with E-state index in [2.05, 4.69) is 10.3 Å². The van der Waals surface area contributed by atoms with Gasteiger partial charge in [-0.25, -0.2) is 4.98 Å². The maximum Gasteiger partial charge on any atom is 0.269 e. The molecule has 0 aliphatic rings. The molecule has 0 aliphatic carbocycles. The molecule has 3 aromatic rings. The van der Waals surface area contributed by atoms with Crippen molar-refractivity contribution in [1.29, 1.82) is 0 Å². The molecule has 1 aromatic heterocycles. The normalized spacial score (nSPS) is 10.4. The van der Waals surface area contributed by atoms with Crippen LogP contribution in [-0.2, 0) is 11.3 Å². The maximum absolute atomic E-state index is 11.2. The molecule has 3 rings (SSSR count). The summed E-state index contributed by atoms with van der Waals surface area (Å²) < 4.78 is 1.91. The number of hydrogen-bond acceptors (Lipinski definition) is 4. The van der Waals surface area contributed by atoms with Crippen LogP contribution in [0.5, 0.6) is 0 Å². The smallest absolute Gasteiger partial charge is 0.269 e. The largest absolute Gasteiger partial charge is 0.327 e. The van der Waals surface area contributed by atoms with Crippen LogP contribution in [0.1, 0.15) is 12.5 Å². The summed E-state index contributed by atoms with van der Waals surface area (Å²) in [7, 11) is 0. The minimum Gasteiger partial charge on any atom is -0.327 e. The van der Waals surface area contributed by atoms with Gasteiger partial charge in [0.1, 0.15) is 5.82 Å². The second-order valence-electron chi connectivity index (χ2n) is 5.57. The number of aromatic nitrogens is 2. The lowest BCUT2D eigenvalue weighted by molar-refractivity contribution is -0.384. The Hall–Kier alpha value is -3.48. The highest BCUT2D eigenvalue weighted by Crippen LogP contribution is 2.23. The number of amides is 1. The maximum atomic E-state index is 11.2. The number of nitrogens with one attached hydrogen (secondary N) is 1. The monoisotopic (exact) mass is 336 g/mol. The van der Waals surface area contributed by atoms with Crippen molar-refractivity contribution in [1.82, 2.24) is 9.55 Å². The van der Waals surface area contributed by atoms with Crippen LogP contribution in [0.4, 0.5) is 11.4 Å². The number of nitro groups is 1. The quantitative estimate of drug-likeness (QED) is 0.570. The van der Waals surface area contributed by atoms with E-state index in [9.17, 15) is 14.9 Å². The first-order chi connectivity index (χ1) is 12.0. The molecular weight excluding hydrogens is 320 g/mol. The van der Waals surface area contributed by atoms with Crippen molar-refractivity contribution in [2.75, 3.05) is 5.32 Å². The van der Waals surface area contributed by atoms with Crippen LogP contribution in [0.25, 0.3) is 11.4 Å². The van der Waals surface area contributed by atoms with Crippen molar-refractivity contribution in [3.05, 3.63) is 76.6 Å². The third kappa shape index (κ3) is 3.89. The molecule has 0 saturated heterocycles. The Labute approximate surface area is 144 Å². The Balaban J connectivity index is 1.89. The summed E-state index contributed by atoms with van der Waals surface area (Å²) in [6, 6.07) is 13.9. The van der Waals surface area contributed by atoms with Gasteiger partial charge in [-0.05, 0) is 17.7 Å². The van der Waals surface area contributed by atoms with Crippen molar-refractivity contribution in [2.45, 2.75) is 13.5 Å². The van der Waals surface area contributed by atoms with Gasteiger partial charge in [0.05, 0.1) is 4.92 Å². The molecule has 0 unspecified atom stereocenters. The third-order valence-corrected chi connectivity index (χ3v) is 3.63. The van der Waals surface area contributed by atoms with Crippen LogP contribution in [0.2, 0.25) is 0 Å². The first-order valence-electron chi connectivity index (χ1n) is 7.65. The number of carbonyl (C=O) groups is 1. The molecule has 0 fully saturated rings. The average molecular weight is 336 g/mol. The van der Waals surface area contributed by atoms with E-state index in [1.54, 1.807) is 24.4 Å². The molecule has 1 heterocycles. The van der Waals surface area contributed by atoms with E-state index >= 15 is 0 Å². The predicted molar refractivity (Wildman–Crippen MR) is 94.2 cm³/mol. The highest BCUT2D eigenvalue weighted by Gasteiger charge is 2.10. The number of nitrogens with zero attached hydrogens (tertiary/aromatic N) is 3. The summed E-state index contributed by atoms with van der Waals surface area (Å²) in [6.45, 7) is 1.91.